The zero-order valence-electron chi connectivity index (χ0n) is 14.3. The number of nitrogens with zero attached hydrogens (tertiary/aromatic N) is 4. The molecule has 0 amide bonds. The highest BCUT2D eigenvalue weighted by atomic mass is 19.3. The average Bonchev–Trinajstić information content (AvgIpc) is 2.93. The Hall–Kier alpha value is -2.64. The third-order valence-corrected chi connectivity index (χ3v) is 4.29. The van der Waals surface area contributed by atoms with E-state index in [0.717, 1.165) is 5.56 Å². The van der Waals surface area contributed by atoms with Gasteiger partial charge in [0.15, 0.2) is 11.6 Å². The molecule has 0 saturated carbocycles. The Balaban J connectivity index is 1.62. The molecular weight excluding hydrogens is 345 g/mol. The maximum Gasteiger partial charge on any atom is 0.266 e. The number of benzene rings is 1. The molecule has 4 rings (SSSR count). The number of alkyl halides is 2. The summed E-state index contributed by atoms with van der Waals surface area (Å²) in [7, 11) is 0. The number of hydrogen-bond donors (Lipinski definition) is 0. The minimum absolute atomic E-state index is 0.152. The van der Waals surface area contributed by atoms with Crippen molar-refractivity contribution in [3.05, 3.63) is 41.6 Å². The van der Waals surface area contributed by atoms with E-state index in [-0.39, 0.29) is 31.4 Å². The van der Waals surface area contributed by atoms with Crippen molar-refractivity contribution in [1.29, 1.82) is 0 Å². The van der Waals surface area contributed by atoms with E-state index in [1.54, 1.807) is 12.1 Å². The molecule has 0 aliphatic carbocycles. The second kappa shape index (κ2) is 5.96. The van der Waals surface area contributed by atoms with Crippen LogP contribution in [0.4, 0.5) is 24.7 Å². The van der Waals surface area contributed by atoms with Gasteiger partial charge >= 0.3 is 0 Å². The Bertz CT molecular complexity index is 898. The first kappa shape index (κ1) is 16.8. The van der Waals surface area contributed by atoms with Gasteiger partial charge in [0, 0.05) is 30.7 Å². The minimum atomic E-state index is -2.70. The predicted octanol–water partition coefficient (Wildman–Crippen LogP) is 3.73. The molecule has 136 valence electrons. The first-order valence-electron chi connectivity index (χ1n) is 8.37. The van der Waals surface area contributed by atoms with Gasteiger partial charge in [-0.25, -0.2) is 28.1 Å². The number of fused-ring (bicyclic) bond motifs is 1. The lowest BCUT2D eigenvalue weighted by molar-refractivity contribution is 0.0256. The fourth-order valence-electron chi connectivity index (χ4n) is 3.07. The van der Waals surface area contributed by atoms with Crippen LogP contribution in [0.1, 0.15) is 31.5 Å². The number of aliphatic imine (C=N–C) groups is 1. The summed E-state index contributed by atoms with van der Waals surface area (Å²) in [6.45, 7) is 3.51. The van der Waals surface area contributed by atoms with E-state index in [9.17, 15) is 13.2 Å². The molecule has 3 heterocycles. The van der Waals surface area contributed by atoms with Crippen LogP contribution in [-0.4, -0.2) is 40.8 Å². The molecular formula is C18H17F3N4O. The Morgan fingerprint density at radius 3 is 2.69 bits per heavy atom. The number of rotatable bonds is 4. The summed E-state index contributed by atoms with van der Waals surface area (Å²) in [6.07, 6.45) is 0.979. The summed E-state index contributed by atoms with van der Waals surface area (Å²) in [4.78, 5) is 14.1. The van der Waals surface area contributed by atoms with Crippen LogP contribution in [0.5, 0.6) is 5.75 Å². The Morgan fingerprint density at radius 1 is 1.19 bits per heavy atom. The van der Waals surface area contributed by atoms with E-state index in [0.29, 0.717) is 22.9 Å². The highest BCUT2D eigenvalue weighted by molar-refractivity contribution is 6.21. The molecule has 1 saturated heterocycles. The summed E-state index contributed by atoms with van der Waals surface area (Å²) < 4.78 is 46.4. The van der Waals surface area contributed by atoms with Gasteiger partial charge in [0.2, 0.25) is 0 Å². The van der Waals surface area contributed by atoms with Crippen LogP contribution in [0, 0.1) is 5.82 Å². The molecule has 1 fully saturated rings. The molecule has 0 unspecified atom stereocenters. The molecule has 0 atom stereocenters. The fourth-order valence-corrected chi connectivity index (χ4v) is 3.07. The van der Waals surface area contributed by atoms with Crippen molar-refractivity contribution in [3.63, 3.8) is 0 Å². The van der Waals surface area contributed by atoms with Crippen LogP contribution in [-0.2, 0) is 0 Å². The molecule has 26 heavy (non-hydrogen) atoms. The van der Waals surface area contributed by atoms with Gasteiger partial charge in [-0.15, -0.1) is 0 Å². The second-order valence-corrected chi connectivity index (χ2v) is 6.72. The van der Waals surface area contributed by atoms with Crippen molar-refractivity contribution < 1.29 is 17.9 Å². The SMILES string of the molecule is CC(C)Oc1cc2c(cc1F)N=C2c1cc(N2CCC(F)(F)C2)ncn1. The fraction of sp³-hybridized carbons (Fsp3) is 0.389. The average molecular weight is 362 g/mol. The summed E-state index contributed by atoms with van der Waals surface area (Å²) in [5.74, 6) is -2.58. The van der Waals surface area contributed by atoms with Gasteiger partial charge in [-0.2, -0.15) is 0 Å². The number of hydrogen-bond acceptors (Lipinski definition) is 5. The van der Waals surface area contributed by atoms with Gasteiger partial charge in [0.05, 0.1) is 29.7 Å². The number of ether oxygens (including phenoxy) is 1. The second-order valence-electron chi connectivity index (χ2n) is 6.72. The topological polar surface area (TPSA) is 50.6 Å². The smallest absolute Gasteiger partial charge is 0.266 e. The molecule has 0 spiro atoms. The lowest BCUT2D eigenvalue weighted by Crippen LogP contribution is -2.26. The van der Waals surface area contributed by atoms with Gasteiger partial charge < -0.3 is 9.64 Å². The number of aromatic nitrogens is 2. The Labute approximate surface area is 148 Å². The molecule has 2 aromatic rings. The molecule has 5 nitrogen and oxygen atoms in total. The molecule has 0 bridgehead atoms. The van der Waals surface area contributed by atoms with Gasteiger partial charge in [-0.3, -0.25) is 0 Å². The first-order valence-corrected chi connectivity index (χ1v) is 8.37. The van der Waals surface area contributed by atoms with Crippen LogP contribution in [0.3, 0.4) is 0 Å². The normalized spacial score (nSPS) is 17.8. The molecule has 1 aromatic carbocycles. The first-order chi connectivity index (χ1) is 12.3. The third kappa shape index (κ3) is 3.00. The summed E-state index contributed by atoms with van der Waals surface area (Å²) in [5, 5.41) is 0. The largest absolute Gasteiger partial charge is 0.488 e. The highest BCUT2D eigenvalue weighted by Gasteiger charge is 2.39. The van der Waals surface area contributed by atoms with E-state index >= 15 is 0 Å². The minimum Gasteiger partial charge on any atom is -0.488 e. The van der Waals surface area contributed by atoms with Crippen molar-refractivity contribution >= 4 is 17.2 Å². The lowest BCUT2D eigenvalue weighted by atomic mass is 9.98. The van der Waals surface area contributed by atoms with Crippen molar-refractivity contribution in [2.24, 2.45) is 4.99 Å². The van der Waals surface area contributed by atoms with E-state index in [1.807, 2.05) is 13.8 Å². The standard InChI is InChI=1S/C18H17F3N4O/c1-10(2)26-15-5-11-13(6-12(15)19)24-17(11)14-7-16(23-9-22-14)25-4-3-18(20,21)8-25/h5-7,9-10H,3-4,8H2,1-2H3. The van der Waals surface area contributed by atoms with Crippen LogP contribution >= 0.6 is 0 Å². The maximum absolute atomic E-state index is 14.0. The summed E-state index contributed by atoms with van der Waals surface area (Å²) in [6, 6.07) is 4.55. The van der Waals surface area contributed by atoms with Crippen LogP contribution in [0.2, 0.25) is 0 Å². The maximum atomic E-state index is 14.0. The van der Waals surface area contributed by atoms with Crippen LogP contribution in [0.25, 0.3) is 0 Å². The zero-order valence-corrected chi connectivity index (χ0v) is 14.3. The Kier molecular flexibility index (Phi) is 3.86. The van der Waals surface area contributed by atoms with E-state index < -0.39 is 11.7 Å². The highest BCUT2D eigenvalue weighted by Crippen LogP contribution is 2.38. The van der Waals surface area contributed by atoms with Gasteiger partial charge in [-0.05, 0) is 19.9 Å². The third-order valence-electron chi connectivity index (χ3n) is 4.29. The summed E-state index contributed by atoms with van der Waals surface area (Å²) >= 11 is 0. The number of anilines is 1. The van der Waals surface area contributed by atoms with Gasteiger partial charge in [0.25, 0.3) is 5.92 Å². The lowest BCUT2D eigenvalue weighted by Gasteiger charge is -2.22. The van der Waals surface area contributed by atoms with E-state index in [4.69, 9.17) is 4.74 Å². The molecule has 0 radical (unpaired) electrons. The van der Waals surface area contributed by atoms with Crippen molar-refractivity contribution in [2.75, 3.05) is 18.0 Å². The van der Waals surface area contributed by atoms with Crippen LogP contribution < -0.4 is 9.64 Å². The van der Waals surface area contributed by atoms with Crippen molar-refractivity contribution in [2.45, 2.75) is 32.3 Å². The van der Waals surface area contributed by atoms with E-state index in [1.165, 1.54) is 17.3 Å². The molecule has 1 aromatic heterocycles. The predicted molar refractivity (Wildman–Crippen MR) is 91.3 cm³/mol. The molecule has 0 N–H and O–H groups in total. The zero-order chi connectivity index (χ0) is 18.5. The van der Waals surface area contributed by atoms with Gasteiger partial charge in [0.1, 0.15) is 12.1 Å². The molecule has 2 aliphatic heterocycles. The number of halogens is 3. The Morgan fingerprint density at radius 2 is 2.00 bits per heavy atom. The summed E-state index contributed by atoms with van der Waals surface area (Å²) in [5.41, 5.74) is 2.32. The molecule has 8 heteroatoms. The van der Waals surface area contributed by atoms with Crippen LogP contribution in [0.15, 0.2) is 29.5 Å². The monoisotopic (exact) mass is 362 g/mol. The van der Waals surface area contributed by atoms with Crippen molar-refractivity contribution in [1.82, 2.24) is 9.97 Å². The quantitative estimate of drug-likeness (QED) is 0.710. The van der Waals surface area contributed by atoms with Crippen molar-refractivity contribution in [3.8, 4) is 5.75 Å². The molecule has 2 aliphatic rings. The van der Waals surface area contributed by atoms with E-state index in [2.05, 4.69) is 15.0 Å². The van der Waals surface area contributed by atoms with Gasteiger partial charge in [-0.1, -0.05) is 0 Å².